The van der Waals surface area contributed by atoms with Crippen molar-refractivity contribution in [2.75, 3.05) is 17.7 Å². The number of urea groups is 1. The third-order valence-electron chi connectivity index (χ3n) is 3.05. The average Bonchev–Trinajstić information content (AvgIpc) is 2.61. The molecule has 4 N–H and O–H groups in total. The topological polar surface area (TPSA) is 99.7 Å². The van der Waals surface area contributed by atoms with Gasteiger partial charge in [-0.3, -0.25) is 10.0 Å². The average molecular weight is 327 g/mol. The highest BCUT2D eigenvalue weighted by molar-refractivity contribution is 5.99. The number of ether oxygens (including phenoxy) is 1. The molecule has 24 heavy (non-hydrogen) atoms. The first-order valence-corrected chi connectivity index (χ1v) is 7.05. The Bertz CT molecular complexity index is 725. The number of methoxy groups -OCH3 is 1. The molecular weight excluding hydrogens is 310 g/mol. The summed E-state index contributed by atoms with van der Waals surface area (Å²) in [5, 5.41) is 13.8. The third-order valence-corrected chi connectivity index (χ3v) is 3.05. The highest BCUT2D eigenvalue weighted by atomic mass is 16.5. The van der Waals surface area contributed by atoms with Crippen molar-refractivity contribution in [3.05, 3.63) is 60.2 Å². The van der Waals surface area contributed by atoms with Gasteiger partial charge in [0.25, 0.3) is 5.91 Å². The fourth-order valence-electron chi connectivity index (χ4n) is 1.85. The molecule has 0 aromatic heterocycles. The molecule has 0 aliphatic heterocycles. The maximum atomic E-state index is 11.9. The minimum Gasteiger partial charge on any atom is -0.497 e. The Hall–Kier alpha value is -3.32. The van der Waals surface area contributed by atoms with Crippen LogP contribution in [0.25, 0.3) is 6.08 Å². The van der Waals surface area contributed by atoms with Crippen molar-refractivity contribution in [1.82, 2.24) is 5.48 Å². The normalized spacial score (nSPS) is 10.2. The van der Waals surface area contributed by atoms with Crippen LogP contribution in [-0.2, 0) is 4.79 Å². The molecule has 0 bridgehead atoms. The largest absolute Gasteiger partial charge is 0.497 e. The molecule has 2 rings (SSSR count). The van der Waals surface area contributed by atoms with Gasteiger partial charge in [-0.1, -0.05) is 12.1 Å². The number of hydrogen-bond acceptors (Lipinski definition) is 4. The molecule has 0 radical (unpaired) electrons. The van der Waals surface area contributed by atoms with Gasteiger partial charge in [-0.25, -0.2) is 10.3 Å². The second kappa shape index (κ2) is 8.35. The fraction of sp³-hybridized carbons (Fsp3) is 0.0588. The lowest BCUT2D eigenvalue weighted by atomic mass is 10.2. The molecule has 7 nitrogen and oxygen atoms in total. The predicted molar refractivity (Wildman–Crippen MR) is 91.0 cm³/mol. The molecule has 0 atom stereocenters. The Balaban J connectivity index is 1.91. The van der Waals surface area contributed by atoms with E-state index >= 15 is 0 Å². The monoisotopic (exact) mass is 327 g/mol. The second-order valence-corrected chi connectivity index (χ2v) is 4.74. The number of anilines is 2. The van der Waals surface area contributed by atoms with Crippen LogP contribution in [0.2, 0.25) is 0 Å². The molecule has 0 aliphatic rings. The number of carbonyl (C=O) groups excluding carboxylic acids is 2. The molecule has 2 aromatic rings. The summed E-state index contributed by atoms with van der Waals surface area (Å²) >= 11 is 0. The van der Waals surface area contributed by atoms with Gasteiger partial charge in [0, 0.05) is 17.5 Å². The van der Waals surface area contributed by atoms with Crippen molar-refractivity contribution in [1.29, 1.82) is 0 Å². The first kappa shape index (κ1) is 17.0. The van der Waals surface area contributed by atoms with Crippen LogP contribution < -0.4 is 20.9 Å². The van der Waals surface area contributed by atoms with Gasteiger partial charge in [-0.15, -0.1) is 0 Å². The highest BCUT2D eigenvalue weighted by Gasteiger charge is 2.03. The molecule has 0 unspecified atom stereocenters. The van der Waals surface area contributed by atoms with Crippen LogP contribution >= 0.6 is 0 Å². The summed E-state index contributed by atoms with van der Waals surface area (Å²) in [6.45, 7) is 0. The molecule has 3 amide bonds. The number of benzene rings is 2. The Morgan fingerprint density at radius 1 is 0.958 bits per heavy atom. The molecule has 0 aliphatic carbocycles. The second-order valence-electron chi connectivity index (χ2n) is 4.74. The molecule has 0 fully saturated rings. The molecule has 0 saturated heterocycles. The maximum absolute atomic E-state index is 11.9. The molecule has 0 spiro atoms. The van der Waals surface area contributed by atoms with Crippen LogP contribution in [0.15, 0.2) is 54.6 Å². The molecular formula is C17H17N3O4. The van der Waals surface area contributed by atoms with E-state index in [2.05, 4.69) is 10.6 Å². The van der Waals surface area contributed by atoms with Gasteiger partial charge >= 0.3 is 6.03 Å². The van der Waals surface area contributed by atoms with Crippen LogP contribution in [0.4, 0.5) is 16.2 Å². The number of amides is 3. The van der Waals surface area contributed by atoms with E-state index in [0.717, 1.165) is 5.56 Å². The van der Waals surface area contributed by atoms with Gasteiger partial charge in [0.05, 0.1) is 7.11 Å². The molecule has 0 saturated carbocycles. The molecule has 0 heterocycles. The third kappa shape index (κ3) is 5.15. The van der Waals surface area contributed by atoms with E-state index in [1.807, 2.05) is 0 Å². The van der Waals surface area contributed by atoms with E-state index in [0.29, 0.717) is 17.1 Å². The summed E-state index contributed by atoms with van der Waals surface area (Å²) in [6, 6.07) is 13.4. The van der Waals surface area contributed by atoms with Crippen molar-refractivity contribution in [3.8, 4) is 5.75 Å². The van der Waals surface area contributed by atoms with Gasteiger partial charge in [-0.05, 0) is 48.0 Å². The zero-order valence-electron chi connectivity index (χ0n) is 12.9. The van der Waals surface area contributed by atoms with Gasteiger partial charge in [-0.2, -0.15) is 0 Å². The smallest absolute Gasteiger partial charge is 0.323 e. The predicted octanol–water partition coefficient (Wildman–Crippen LogP) is 2.86. The first-order valence-electron chi connectivity index (χ1n) is 7.05. The van der Waals surface area contributed by atoms with Crippen molar-refractivity contribution in [3.63, 3.8) is 0 Å². The summed E-state index contributed by atoms with van der Waals surface area (Å²) in [6.07, 6.45) is 2.73. The Morgan fingerprint density at radius 3 is 2.00 bits per heavy atom. The summed E-state index contributed by atoms with van der Waals surface area (Å²) in [7, 11) is 1.57. The van der Waals surface area contributed by atoms with Gasteiger partial charge in [0.2, 0.25) is 0 Å². The van der Waals surface area contributed by atoms with Gasteiger partial charge in [0.1, 0.15) is 5.75 Å². The number of rotatable bonds is 5. The summed E-state index contributed by atoms with van der Waals surface area (Å²) in [5.41, 5.74) is 3.50. The fourth-order valence-corrected chi connectivity index (χ4v) is 1.85. The minimum atomic E-state index is -0.615. The van der Waals surface area contributed by atoms with Crippen LogP contribution in [0.5, 0.6) is 5.75 Å². The Morgan fingerprint density at radius 2 is 1.50 bits per heavy atom. The van der Waals surface area contributed by atoms with E-state index in [1.165, 1.54) is 17.6 Å². The van der Waals surface area contributed by atoms with Crippen LogP contribution in [0, 0.1) is 0 Å². The first-order chi connectivity index (χ1) is 11.6. The molecule has 124 valence electrons. The van der Waals surface area contributed by atoms with Crippen LogP contribution in [0.3, 0.4) is 0 Å². The van der Waals surface area contributed by atoms with E-state index in [9.17, 15) is 9.59 Å². The van der Waals surface area contributed by atoms with Gasteiger partial charge in [0.15, 0.2) is 0 Å². The van der Waals surface area contributed by atoms with Crippen molar-refractivity contribution in [2.24, 2.45) is 0 Å². The van der Waals surface area contributed by atoms with E-state index in [1.54, 1.807) is 55.6 Å². The number of hydrogen-bond donors (Lipinski definition) is 4. The lowest BCUT2D eigenvalue weighted by Crippen LogP contribution is -2.19. The number of nitrogens with one attached hydrogen (secondary N) is 3. The lowest BCUT2D eigenvalue weighted by Gasteiger charge is -2.08. The summed E-state index contributed by atoms with van der Waals surface area (Å²) in [5.74, 6) is 0.0931. The number of hydroxylamine groups is 1. The molecule has 7 heteroatoms. The van der Waals surface area contributed by atoms with E-state index in [-0.39, 0.29) is 6.03 Å². The lowest BCUT2D eigenvalue weighted by molar-refractivity contribution is -0.124. The zero-order chi connectivity index (χ0) is 17.4. The quantitative estimate of drug-likeness (QED) is 0.385. The van der Waals surface area contributed by atoms with Gasteiger partial charge < -0.3 is 15.4 Å². The zero-order valence-corrected chi connectivity index (χ0v) is 12.9. The van der Waals surface area contributed by atoms with E-state index < -0.39 is 5.91 Å². The van der Waals surface area contributed by atoms with E-state index in [4.69, 9.17) is 9.94 Å². The standard InChI is InChI=1S/C17H17N3O4/c1-24-15-9-7-14(8-10-15)19-17(22)18-13-5-2-12(3-6-13)4-11-16(21)20-23/h2-11,23H,1H3,(H,20,21)(H2,18,19,22)/b11-4+. The minimum absolute atomic E-state index is 0.372. The highest BCUT2D eigenvalue weighted by Crippen LogP contribution is 2.16. The molecule has 2 aromatic carbocycles. The Labute approximate surface area is 138 Å². The van der Waals surface area contributed by atoms with Crippen LogP contribution in [0.1, 0.15) is 5.56 Å². The summed E-state index contributed by atoms with van der Waals surface area (Å²) < 4.78 is 5.05. The summed E-state index contributed by atoms with van der Waals surface area (Å²) in [4.78, 5) is 22.8. The van der Waals surface area contributed by atoms with Crippen LogP contribution in [-0.4, -0.2) is 24.3 Å². The van der Waals surface area contributed by atoms with Crippen molar-refractivity contribution < 1.29 is 19.5 Å². The SMILES string of the molecule is COc1ccc(NC(=O)Nc2ccc(/C=C/C(=O)NO)cc2)cc1. The Kier molecular flexibility index (Phi) is 5.93. The van der Waals surface area contributed by atoms with Crippen molar-refractivity contribution >= 4 is 29.4 Å². The maximum Gasteiger partial charge on any atom is 0.323 e. The number of carbonyl (C=O) groups is 2. The van der Waals surface area contributed by atoms with Crippen molar-refractivity contribution in [2.45, 2.75) is 0 Å².